The molecule has 3 heteroatoms. The maximum atomic E-state index is 8.80. The van der Waals surface area contributed by atoms with Gasteiger partial charge in [-0.05, 0) is 18.2 Å². The maximum Gasteiger partial charge on any atom is 0.0558 e. The van der Waals surface area contributed by atoms with Gasteiger partial charge in [0.25, 0.3) is 0 Å². The van der Waals surface area contributed by atoms with Crippen LogP contribution in [0.5, 0.6) is 0 Å². The van der Waals surface area contributed by atoms with Crippen molar-refractivity contribution in [2.75, 3.05) is 19.7 Å². The lowest BCUT2D eigenvalue weighted by Gasteiger charge is -2.17. The summed E-state index contributed by atoms with van der Waals surface area (Å²) in [7, 11) is 2.02. The van der Waals surface area contributed by atoms with E-state index in [-0.39, 0.29) is 6.61 Å². The number of aliphatic hydroxyl groups is 1. The molecule has 0 aliphatic carbocycles. The Morgan fingerprint density at radius 2 is 2.31 bits per heavy atom. The van der Waals surface area contributed by atoms with Crippen LogP contribution in [0.25, 0.3) is 0 Å². The Hall–Kier alpha value is -0.800. The van der Waals surface area contributed by atoms with Crippen LogP contribution in [0.2, 0.25) is 0 Å². The third-order valence-electron chi connectivity index (χ3n) is 2.16. The van der Waals surface area contributed by atoms with Gasteiger partial charge < -0.3 is 9.67 Å². The molecule has 0 unspecified atom stereocenters. The smallest absolute Gasteiger partial charge is 0.0558 e. The van der Waals surface area contributed by atoms with E-state index in [0.717, 1.165) is 19.6 Å². The molecule has 0 aliphatic heterocycles. The highest BCUT2D eigenvalue weighted by atomic mass is 16.3. The fourth-order valence-electron chi connectivity index (χ4n) is 1.40. The maximum absolute atomic E-state index is 8.80. The average Bonchev–Trinajstić information content (AvgIpc) is 2.50. The second-order valence-corrected chi connectivity index (χ2v) is 3.28. The van der Waals surface area contributed by atoms with Crippen molar-refractivity contribution in [2.24, 2.45) is 7.05 Å². The first-order chi connectivity index (χ1) is 6.26. The molecule has 0 saturated carbocycles. The highest BCUT2D eigenvalue weighted by Crippen LogP contribution is 2.04. The Balaban J connectivity index is 2.46. The SMILES string of the molecule is CCN(CCO)Cc1ccn(C)c1. The van der Waals surface area contributed by atoms with E-state index in [9.17, 15) is 0 Å². The summed E-state index contributed by atoms with van der Waals surface area (Å²) in [6.07, 6.45) is 4.15. The third-order valence-corrected chi connectivity index (χ3v) is 2.16. The predicted octanol–water partition coefficient (Wildman–Crippen LogP) is 0.839. The van der Waals surface area contributed by atoms with Gasteiger partial charge in [0.2, 0.25) is 0 Å². The Bertz CT molecular complexity index is 245. The van der Waals surface area contributed by atoms with Gasteiger partial charge in [0, 0.05) is 32.5 Å². The number of aliphatic hydroxyl groups excluding tert-OH is 1. The van der Waals surface area contributed by atoms with Crippen molar-refractivity contribution in [1.82, 2.24) is 9.47 Å². The Labute approximate surface area is 79.6 Å². The summed E-state index contributed by atoms with van der Waals surface area (Å²) < 4.78 is 2.04. The number of rotatable bonds is 5. The minimum absolute atomic E-state index is 0.237. The Morgan fingerprint density at radius 1 is 1.54 bits per heavy atom. The highest BCUT2D eigenvalue weighted by molar-refractivity contribution is 5.09. The summed E-state index contributed by atoms with van der Waals surface area (Å²) in [5.41, 5.74) is 1.30. The number of nitrogens with zero attached hydrogens (tertiary/aromatic N) is 2. The van der Waals surface area contributed by atoms with Gasteiger partial charge in [0.1, 0.15) is 0 Å². The lowest BCUT2D eigenvalue weighted by atomic mass is 10.3. The second kappa shape index (κ2) is 5.04. The van der Waals surface area contributed by atoms with Crippen molar-refractivity contribution in [1.29, 1.82) is 0 Å². The van der Waals surface area contributed by atoms with Gasteiger partial charge in [-0.25, -0.2) is 0 Å². The summed E-state index contributed by atoms with van der Waals surface area (Å²) in [6, 6.07) is 2.11. The first-order valence-electron chi connectivity index (χ1n) is 4.70. The number of aromatic nitrogens is 1. The van der Waals surface area contributed by atoms with Crippen LogP contribution in [0.3, 0.4) is 0 Å². The van der Waals surface area contributed by atoms with Crippen LogP contribution in [-0.4, -0.2) is 34.3 Å². The zero-order valence-electron chi connectivity index (χ0n) is 8.40. The van der Waals surface area contributed by atoms with Gasteiger partial charge in [0.05, 0.1) is 6.61 Å². The Kier molecular flexibility index (Phi) is 3.99. The molecule has 0 aliphatic rings. The fourth-order valence-corrected chi connectivity index (χ4v) is 1.40. The molecule has 1 aromatic heterocycles. The van der Waals surface area contributed by atoms with E-state index < -0.39 is 0 Å². The lowest BCUT2D eigenvalue weighted by molar-refractivity contribution is 0.197. The lowest BCUT2D eigenvalue weighted by Crippen LogP contribution is -2.25. The average molecular weight is 182 g/mol. The van der Waals surface area contributed by atoms with Gasteiger partial charge in [-0.2, -0.15) is 0 Å². The monoisotopic (exact) mass is 182 g/mol. The molecule has 0 fully saturated rings. The van der Waals surface area contributed by atoms with Crippen molar-refractivity contribution in [2.45, 2.75) is 13.5 Å². The van der Waals surface area contributed by atoms with Crippen LogP contribution in [0.4, 0.5) is 0 Å². The van der Waals surface area contributed by atoms with Crippen molar-refractivity contribution >= 4 is 0 Å². The van der Waals surface area contributed by atoms with E-state index in [1.165, 1.54) is 5.56 Å². The fraction of sp³-hybridized carbons (Fsp3) is 0.600. The van der Waals surface area contributed by atoms with E-state index in [0.29, 0.717) is 0 Å². The van der Waals surface area contributed by atoms with Gasteiger partial charge in [-0.3, -0.25) is 4.90 Å². The normalized spacial score (nSPS) is 11.1. The number of likely N-dealkylation sites (N-methyl/N-ethyl adjacent to an activating group) is 1. The third kappa shape index (κ3) is 3.20. The minimum atomic E-state index is 0.237. The molecule has 3 nitrogen and oxygen atoms in total. The second-order valence-electron chi connectivity index (χ2n) is 3.28. The molecule has 0 radical (unpaired) electrons. The van der Waals surface area contributed by atoms with E-state index in [2.05, 4.69) is 24.1 Å². The van der Waals surface area contributed by atoms with E-state index in [1.807, 2.05) is 17.8 Å². The largest absolute Gasteiger partial charge is 0.395 e. The first kappa shape index (κ1) is 10.3. The molecule has 0 atom stereocenters. The van der Waals surface area contributed by atoms with E-state index in [1.54, 1.807) is 0 Å². The summed E-state index contributed by atoms with van der Waals surface area (Å²) in [6.45, 7) is 5.01. The van der Waals surface area contributed by atoms with Crippen LogP contribution in [0, 0.1) is 0 Å². The quantitative estimate of drug-likeness (QED) is 0.731. The van der Waals surface area contributed by atoms with Gasteiger partial charge in [-0.15, -0.1) is 0 Å². The molecule has 0 aromatic carbocycles. The van der Waals surface area contributed by atoms with E-state index >= 15 is 0 Å². The van der Waals surface area contributed by atoms with Gasteiger partial charge in [0.15, 0.2) is 0 Å². The number of hydrogen-bond donors (Lipinski definition) is 1. The van der Waals surface area contributed by atoms with Crippen molar-refractivity contribution in [3.63, 3.8) is 0 Å². The molecular weight excluding hydrogens is 164 g/mol. The molecule has 1 N–H and O–H groups in total. The summed E-state index contributed by atoms with van der Waals surface area (Å²) >= 11 is 0. The number of aryl methyl sites for hydroxylation is 1. The molecule has 1 aromatic rings. The van der Waals surface area contributed by atoms with E-state index in [4.69, 9.17) is 5.11 Å². The van der Waals surface area contributed by atoms with Crippen LogP contribution in [0.1, 0.15) is 12.5 Å². The summed E-state index contributed by atoms with van der Waals surface area (Å²) in [4.78, 5) is 2.22. The van der Waals surface area contributed by atoms with Crippen molar-refractivity contribution in [3.05, 3.63) is 24.0 Å². The number of hydrogen-bond acceptors (Lipinski definition) is 2. The van der Waals surface area contributed by atoms with Crippen LogP contribution in [-0.2, 0) is 13.6 Å². The molecule has 0 saturated heterocycles. The first-order valence-corrected chi connectivity index (χ1v) is 4.70. The van der Waals surface area contributed by atoms with Crippen LogP contribution in [0.15, 0.2) is 18.5 Å². The van der Waals surface area contributed by atoms with Gasteiger partial charge in [-0.1, -0.05) is 6.92 Å². The molecular formula is C10H18N2O. The molecule has 74 valence electrons. The Morgan fingerprint density at radius 3 is 2.77 bits per heavy atom. The zero-order chi connectivity index (χ0) is 9.68. The topological polar surface area (TPSA) is 28.4 Å². The summed E-state index contributed by atoms with van der Waals surface area (Å²) in [5.74, 6) is 0. The van der Waals surface area contributed by atoms with Crippen LogP contribution >= 0.6 is 0 Å². The summed E-state index contributed by atoms with van der Waals surface area (Å²) in [5, 5.41) is 8.80. The highest BCUT2D eigenvalue weighted by Gasteiger charge is 2.02. The molecule has 0 bridgehead atoms. The van der Waals surface area contributed by atoms with Crippen molar-refractivity contribution in [3.8, 4) is 0 Å². The molecule has 0 amide bonds. The van der Waals surface area contributed by atoms with Gasteiger partial charge >= 0.3 is 0 Å². The standard InChI is InChI=1S/C10H18N2O/c1-3-12(6-7-13)9-10-4-5-11(2)8-10/h4-5,8,13H,3,6-7,9H2,1-2H3. The molecule has 13 heavy (non-hydrogen) atoms. The predicted molar refractivity (Wildman–Crippen MR) is 53.4 cm³/mol. The minimum Gasteiger partial charge on any atom is -0.395 e. The van der Waals surface area contributed by atoms with Crippen LogP contribution < -0.4 is 0 Å². The van der Waals surface area contributed by atoms with Crippen molar-refractivity contribution < 1.29 is 5.11 Å². The molecule has 0 spiro atoms. The molecule has 1 rings (SSSR count). The zero-order valence-corrected chi connectivity index (χ0v) is 8.40. The molecule has 1 heterocycles.